The molecular weight excluding hydrogens is 478 g/mol. The minimum Gasteiger partial charge on any atom is -0.317 e. The number of nitrogens with zero attached hydrogens (tertiary/aromatic N) is 3. The lowest BCUT2D eigenvalue weighted by Crippen LogP contribution is -2.46. The van der Waals surface area contributed by atoms with Crippen molar-refractivity contribution in [2.45, 2.75) is 77.6 Å². The summed E-state index contributed by atoms with van der Waals surface area (Å²) in [7, 11) is 0. The molecule has 6 rings (SSSR count). The summed E-state index contributed by atoms with van der Waals surface area (Å²) in [5, 5.41) is 5.54. The lowest BCUT2D eigenvalue weighted by Gasteiger charge is -2.38. The van der Waals surface area contributed by atoms with Crippen molar-refractivity contribution in [3.8, 4) is 0 Å². The van der Waals surface area contributed by atoms with Gasteiger partial charge in [-0.1, -0.05) is 67.8 Å². The van der Waals surface area contributed by atoms with Gasteiger partial charge in [-0.05, 0) is 61.0 Å². The Morgan fingerprint density at radius 1 is 1.03 bits per heavy atom. The Kier molecular flexibility index (Phi) is 4.23. The quantitative estimate of drug-likeness (QED) is 0.285. The molecule has 6 heteroatoms. The van der Waals surface area contributed by atoms with E-state index in [1.54, 1.807) is 0 Å². The summed E-state index contributed by atoms with van der Waals surface area (Å²) < 4.78 is 0. The third-order valence-corrected chi connectivity index (χ3v) is 12.2. The number of fused-ring (bicyclic) bond motifs is 8. The summed E-state index contributed by atoms with van der Waals surface area (Å²) >= 11 is 3.76. The smallest absolute Gasteiger partial charge is 0.317 e. The van der Waals surface area contributed by atoms with E-state index in [1.807, 2.05) is 24.3 Å². The van der Waals surface area contributed by atoms with Gasteiger partial charge < -0.3 is 4.84 Å². The molecule has 0 saturated heterocycles. The Hall–Kier alpha value is -1.82. The highest BCUT2D eigenvalue weighted by Gasteiger charge is 2.74. The highest BCUT2D eigenvalue weighted by atomic mass is 79.9. The molecule has 3 saturated carbocycles. The van der Waals surface area contributed by atoms with E-state index in [9.17, 15) is 4.79 Å². The second kappa shape index (κ2) is 6.44. The van der Waals surface area contributed by atoms with Crippen LogP contribution in [0.3, 0.4) is 0 Å². The van der Waals surface area contributed by atoms with E-state index in [1.165, 1.54) is 6.42 Å². The molecule has 1 heterocycles. The predicted molar refractivity (Wildman–Crippen MR) is 132 cm³/mol. The predicted octanol–water partition coefficient (Wildman–Crippen LogP) is 6.08. The van der Waals surface area contributed by atoms with E-state index < -0.39 is 5.41 Å². The zero-order valence-corrected chi connectivity index (χ0v) is 21.8. The molecule has 1 aromatic carbocycles. The first kappa shape index (κ1) is 21.7. The lowest BCUT2D eigenvalue weighted by atomic mass is 9.64. The molecule has 0 spiro atoms. The molecule has 5 atom stereocenters. The van der Waals surface area contributed by atoms with E-state index in [-0.39, 0.29) is 27.6 Å². The second-order valence-electron chi connectivity index (χ2n) is 12.0. The maximum absolute atomic E-state index is 14.0. The van der Waals surface area contributed by atoms with Crippen LogP contribution in [0.15, 0.2) is 29.4 Å². The standard InChI is InChI=1S/C27H32BrN3O2/c1-23(2)25(4)12-13-27(23,21-20(25)29-17-8-6-7-9-18(17)30-21)22(32)33-31-19-14-16-10-11-24(19,3)26(16,5)15-28/h6-9,16H,10-15H2,1-5H3/b31-19+. The number of aromatic nitrogens is 2. The van der Waals surface area contributed by atoms with Gasteiger partial charge in [-0.3, -0.25) is 0 Å². The first-order valence-electron chi connectivity index (χ1n) is 12.2. The molecule has 5 unspecified atom stereocenters. The normalized spacial score (nSPS) is 41.2. The van der Waals surface area contributed by atoms with Crippen LogP contribution in [0, 0.1) is 22.2 Å². The Bertz CT molecular complexity index is 1240. The van der Waals surface area contributed by atoms with Gasteiger partial charge in [0.25, 0.3) is 0 Å². The molecule has 0 amide bonds. The van der Waals surface area contributed by atoms with Crippen LogP contribution in [0.4, 0.5) is 0 Å². The molecule has 4 aliphatic rings. The minimum atomic E-state index is -0.824. The van der Waals surface area contributed by atoms with Crippen LogP contribution in [0.25, 0.3) is 11.0 Å². The minimum absolute atomic E-state index is 0.0254. The molecule has 174 valence electrons. The number of benzene rings is 1. The van der Waals surface area contributed by atoms with Crippen molar-refractivity contribution in [2.75, 3.05) is 5.33 Å². The van der Waals surface area contributed by atoms with Crippen LogP contribution in [0.5, 0.6) is 0 Å². The number of hydrogen-bond acceptors (Lipinski definition) is 5. The van der Waals surface area contributed by atoms with Crippen molar-refractivity contribution in [3.05, 3.63) is 35.7 Å². The average Bonchev–Trinajstić information content (AvgIpc) is 3.32. The number of rotatable bonds is 3. The van der Waals surface area contributed by atoms with Crippen LogP contribution in [-0.4, -0.2) is 27.0 Å². The number of alkyl halides is 1. The fourth-order valence-corrected chi connectivity index (χ4v) is 8.92. The van der Waals surface area contributed by atoms with E-state index in [4.69, 9.17) is 14.8 Å². The van der Waals surface area contributed by atoms with Gasteiger partial charge in [-0.25, -0.2) is 14.8 Å². The summed E-state index contributed by atoms with van der Waals surface area (Å²) in [5.41, 5.74) is 3.24. The van der Waals surface area contributed by atoms with Crippen LogP contribution in [0.1, 0.15) is 78.1 Å². The number of hydrogen-bond donors (Lipinski definition) is 0. The number of carbonyl (C=O) groups excluding carboxylic acids is 1. The first-order valence-corrected chi connectivity index (χ1v) is 13.3. The molecule has 0 aliphatic heterocycles. The summed E-state index contributed by atoms with van der Waals surface area (Å²) in [6, 6.07) is 7.93. The first-order chi connectivity index (χ1) is 15.5. The molecule has 2 aromatic rings. The maximum atomic E-state index is 14.0. The zero-order valence-electron chi connectivity index (χ0n) is 20.2. The van der Waals surface area contributed by atoms with Gasteiger partial charge in [-0.2, -0.15) is 0 Å². The van der Waals surface area contributed by atoms with Crippen molar-refractivity contribution in [3.63, 3.8) is 0 Å². The second-order valence-corrected chi connectivity index (χ2v) is 12.6. The third-order valence-electron chi connectivity index (χ3n) is 11.0. The summed E-state index contributed by atoms with van der Waals surface area (Å²) in [4.78, 5) is 29.9. The number of oxime groups is 1. The van der Waals surface area contributed by atoms with E-state index in [0.717, 1.165) is 59.1 Å². The number of halogens is 1. The Balaban J connectivity index is 1.42. The Labute approximate surface area is 203 Å². The third kappa shape index (κ3) is 2.25. The largest absolute Gasteiger partial charge is 0.347 e. The Morgan fingerprint density at radius 3 is 2.33 bits per heavy atom. The fraction of sp³-hybridized carbons (Fsp3) is 0.630. The van der Waals surface area contributed by atoms with Crippen LogP contribution in [0.2, 0.25) is 0 Å². The van der Waals surface area contributed by atoms with Crippen LogP contribution in [-0.2, 0) is 20.5 Å². The van der Waals surface area contributed by atoms with E-state index in [0.29, 0.717) is 5.92 Å². The van der Waals surface area contributed by atoms with E-state index in [2.05, 4.69) is 55.7 Å². The molecule has 33 heavy (non-hydrogen) atoms. The molecule has 4 aliphatic carbocycles. The molecule has 0 N–H and O–H groups in total. The lowest BCUT2D eigenvalue weighted by molar-refractivity contribution is -0.155. The van der Waals surface area contributed by atoms with Crippen molar-refractivity contribution >= 4 is 38.6 Å². The topological polar surface area (TPSA) is 64.4 Å². The molecule has 1 aromatic heterocycles. The number of para-hydroxylation sites is 2. The maximum Gasteiger partial charge on any atom is 0.347 e. The van der Waals surface area contributed by atoms with Crippen LogP contribution >= 0.6 is 15.9 Å². The molecule has 5 nitrogen and oxygen atoms in total. The number of carbonyl (C=O) groups is 1. The van der Waals surface area contributed by atoms with E-state index >= 15 is 0 Å². The SMILES string of the molecule is CC12CCC(C/C1=N\OC(=O)C13CCC(C)(c4nc5ccccc5nc41)C3(C)C)C2(C)CBr. The molecule has 3 fully saturated rings. The van der Waals surface area contributed by atoms with Gasteiger partial charge in [0.15, 0.2) is 0 Å². The monoisotopic (exact) mass is 509 g/mol. The van der Waals surface area contributed by atoms with Crippen molar-refractivity contribution in [1.29, 1.82) is 0 Å². The summed E-state index contributed by atoms with van der Waals surface area (Å²) in [6.07, 6.45) is 4.86. The summed E-state index contributed by atoms with van der Waals surface area (Å²) in [5.74, 6) is 0.326. The molecule has 4 bridgehead atoms. The van der Waals surface area contributed by atoms with Crippen LogP contribution < -0.4 is 0 Å². The average molecular weight is 510 g/mol. The molecule has 0 radical (unpaired) electrons. The van der Waals surface area contributed by atoms with Crippen molar-refractivity contribution < 1.29 is 9.63 Å². The summed E-state index contributed by atoms with van der Waals surface area (Å²) in [6.45, 7) is 11.3. The van der Waals surface area contributed by atoms with Gasteiger partial charge in [0.2, 0.25) is 0 Å². The van der Waals surface area contributed by atoms with Gasteiger partial charge in [-0.15, -0.1) is 0 Å². The van der Waals surface area contributed by atoms with Gasteiger partial charge in [0, 0.05) is 16.2 Å². The van der Waals surface area contributed by atoms with Gasteiger partial charge in [0.05, 0.1) is 28.1 Å². The van der Waals surface area contributed by atoms with Crippen molar-refractivity contribution in [1.82, 2.24) is 9.97 Å². The Morgan fingerprint density at radius 2 is 1.70 bits per heavy atom. The van der Waals surface area contributed by atoms with Gasteiger partial charge in [0.1, 0.15) is 5.41 Å². The highest BCUT2D eigenvalue weighted by molar-refractivity contribution is 9.09. The highest BCUT2D eigenvalue weighted by Crippen LogP contribution is 2.70. The van der Waals surface area contributed by atoms with Gasteiger partial charge >= 0.3 is 5.97 Å². The van der Waals surface area contributed by atoms with Crippen molar-refractivity contribution in [2.24, 2.45) is 27.3 Å². The fourth-order valence-electron chi connectivity index (χ4n) is 7.84. The molecular formula is C27H32BrN3O2. The zero-order chi connectivity index (χ0) is 23.4.